The van der Waals surface area contributed by atoms with E-state index < -0.39 is 0 Å². The molecule has 2 fully saturated rings. The number of hydrogen-bond donors (Lipinski definition) is 1. The molecule has 2 aliphatic rings. The number of fused-ring (bicyclic) bond motifs is 4. The van der Waals surface area contributed by atoms with E-state index in [0.29, 0.717) is 17.6 Å². The molecule has 0 aliphatic carbocycles. The van der Waals surface area contributed by atoms with Gasteiger partial charge in [-0.15, -0.1) is 0 Å². The first kappa shape index (κ1) is 16.7. The van der Waals surface area contributed by atoms with Gasteiger partial charge in [0.25, 0.3) is 5.91 Å². The molecule has 29 heavy (non-hydrogen) atoms. The lowest BCUT2D eigenvalue weighted by Gasteiger charge is -2.38. The predicted octanol–water partition coefficient (Wildman–Crippen LogP) is 2.80. The van der Waals surface area contributed by atoms with Crippen LogP contribution in [0.3, 0.4) is 0 Å². The Morgan fingerprint density at radius 2 is 2.00 bits per heavy atom. The van der Waals surface area contributed by atoms with Crippen LogP contribution in [0.15, 0.2) is 49.1 Å². The van der Waals surface area contributed by atoms with E-state index in [9.17, 15) is 4.79 Å². The van der Waals surface area contributed by atoms with Crippen molar-refractivity contribution in [2.45, 2.75) is 24.9 Å². The minimum absolute atomic E-state index is 0.0859. The van der Waals surface area contributed by atoms with Gasteiger partial charge in [-0.1, -0.05) is 0 Å². The highest BCUT2D eigenvalue weighted by Crippen LogP contribution is 2.31. The number of carbonyl (C=O) groups is 1. The second-order valence-corrected chi connectivity index (χ2v) is 8.20. The second-order valence-electron chi connectivity index (χ2n) is 8.20. The van der Waals surface area contributed by atoms with Gasteiger partial charge in [-0.05, 0) is 49.7 Å². The first-order valence-corrected chi connectivity index (χ1v) is 10.1. The summed E-state index contributed by atoms with van der Waals surface area (Å²) in [6.07, 6.45) is 9.76. The zero-order valence-electron chi connectivity index (χ0n) is 16.2. The van der Waals surface area contributed by atoms with Gasteiger partial charge in [0.15, 0.2) is 0 Å². The van der Waals surface area contributed by atoms with Gasteiger partial charge in [0.05, 0.1) is 11.1 Å². The van der Waals surface area contributed by atoms with E-state index >= 15 is 0 Å². The van der Waals surface area contributed by atoms with E-state index in [1.54, 1.807) is 12.4 Å². The number of nitrogens with one attached hydrogen (secondary N) is 1. The van der Waals surface area contributed by atoms with Crippen molar-refractivity contribution >= 4 is 22.5 Å². The van der Waals surface area contributed by atoms with Crippen molar-refractivity contribution in [2.24, 2.45) is 0 Å². The summed E-state index contributed by atoms with van der Waals surface area (Å²) < 4.78 is 1.84. The Labute approximate surface area is 167 Å². The average molecular weight is 386 g/mol. The van der Waals surface area contributed by atoms with Crippen LogP contribution in [0.1, 0.15) is 23.2 Å². The Morgan fingerprint density at radius 1 is 1.17 bits per heavy atom. The van der Waals surface area contributed by atoms with Gasteiger partial charge in [0.1, 0.15) is 5.65 Å². The topological polar surface area (TPSA) is 69.5 Å². The number of aromatic amines is 1. The molecule has 6 heterocycles. The molecular weight excluding hydrogens is 364 g/mol. The molecule has 6 rings (SSSR count). The van der Waals surface area contributed by atoms with Crippen LogP contribution < -0.4 is 0 Å². The Morgan fingerprint density at radius 3 is 2.83 bits per heavy atom. The van der Waals surface area contributed by atoms with E-state index in [1.165, 1.54) is 12.8 Å². The Bertz CT molecular complexity index is 1230. The standard InChI is InChI=1S/C22H22N6O/c1-26-17-2-3-18(26)13-27(12-17)22(29)15-9-19-20(11-24-21(19)23-10-15)14-5-7-28-16(8-14)4-6-25-28/h4-11,17-18H,2-3,12-13H2,1H3,(H,23,24). The third-order valence-corrected chi connectivity index (χ3v) is 6.62. The molecule has 0 radical (unpaired) electrons. The lowest BCUT2D eigenvalue weighted by molar-refractivity contribution is 0.0524. The van der Waals surface area contributed by atoms with Gasteiger partial charge in [-0.25, -0.2) is 9.50 Å². The van der Waals surface area contributed by atoms with Crippen molar-refractivity contribution in [1.29, 1.82) is 0 Å². The normalized spacial score (nSPS) is 22.0. The maximum absolute atomic E-state index is 13.2. The van der Waals surface area contributed by atoms with Crippen molar-refractivity contribution in [3.8, 4) is 11.1 Å². The average Bonchev–Trinajstić information content (AvgIpc) is 3.42. The van der Waals surface area contributed by atoms with Gasteiger partial charge in [-0.3, -0.25) is 9.69 Å². The minimum atomic E-state index is 0.0859. The molecule has 1 amide bonds. The number of likely N-dealkylation sites (N-methyl/N-ethyl adjacent to an activating group) is 1. The van der Waals surface area contributed by atoms with E-state index in [0.717, 1.165) is 40.8 Å². The summed E-state index contributed by atoms with van der Waals surface area (Å²) in [5, 5.41) is 5.23. The summed E-state index contributed by atoms with van der Waals surface area (Å²) in [5.74, 6) is 0.0859. The number of carbonyl (C=O) groups excluding carboxylic acids is 1. The summed E-state index contributed by atoms with van der Waals surface area (Å²) in [6.45, 7) is 1.61. The Hall–Kier alpha value is -3.19. The lowest BCUT2D eigenvalue weighted by atomic mass is 10.0. The van der Waals surface area contributed by atoms with Gasteiger partial charge in [0, 0.05) is 60.9 Å². The number of hydrogen-bond acceptors (Lipinski definition) is 4. The number of amides is 1. The molecule has 4 aromatic rings. The van der Waals surface area contributed by atoms with Crippen LogP contribution in [-0.2, 0) is 0 Å². The predicted molar refractivity (Wildman–Crippen MR) is 111 cm³/mol. The summed E-state index contributed by atoms with van der Waals surface area (Å²) in [7, 11) is 2.18. The number of nitrogens with zero attached hydrogens (tertiary/aromatic N) is 5. The molecule has 2 bridgehead atoms. The highest BCUT2D eigenvalue weighted by Gasteiger charge is 2.39. The van der Waals surface area contributed by atoms with Crippen LogP contribution in [0.4, 0.5) is 0 Å². The largest absolute Gasteiger partial charge is 0.346 e. The van der Waals surface area contributed by atoms with Gasteiger partial charge in [0.2, 0.25) is 0 Å². The summed E-state index contributed by atoms with van der Waals surface area (Å²) >= 11 is 0. The molecule has 7 heteroatoms. The first-order chi connectivity index (χ1) is 14.2. The molecule has 1 N–H and O–H groups in total. The third kappa shape index (κ3) is 2.57. The van der Waals surface area contributed by atoms with E-state index in [4.69, 9.17) is 0 Å². The van der Waals surface area contributed by atoms with Gasteiger partial charge >= 0.3 is 0 Å². The van der Waals surface area contributed by atoms with Crippen molar-refractivity contribution < 1.29 is 4.79 Å². The van der Waals surface area contributed by atoms with Crippen LogP contribution in [-0.4, -0.2) is 67.5 Å². The number of aromatic nitrogens is 4. The molecule has 146 valence electrons. The highest BCUT2D eigenvalue weighted by molar-refractivity contribution is 6.01. The molecule has 2 unspecified atom stereocenters. The van der Waals surface area contributed by atoms with Crippen LogP contribution in [0.5, 0.6) is 0 Å². The zero-order valence-corrected chi connectivity index (χ0v) is 16.2. The van der Waals surface area contributed by atoms with Crippen molar-refractivity contribution in [3.05, 3.63) is 54.6 Å². The highest BCUT2D eigenvalue weighted by atomic mass is 16.2. The van der Waals surface area contributed by atoms with E-state index in [2.05, 4.69) is 33.1 Å². The molecule has 0 aromatic carbocycles. The minimum Gasteiger partial charge on any atom is -0.346 e. The van der Waals surface area contributed by atoms with Gasteiger partial charge < -0.3 is 9.88 Å². The maximum atomic E-state index is 13.2. The Balaban J connectivity index is 1.37. The fraction of sp³-hybridized carbons (Fsp3) is 0.318. The van der Waals surface area contributed by atoms with Gasteiger partial charge in [-0.2, -0.15) is 5.10 Å². The number of rotatable bonds is 2. The Kier molecular flexibility index (Phi) is 3.55. The van der Waals surface area contributed by atoms with Crippen LogP contribution >= 0.6 is 0 Å². The quantitative estimate of drug-likeness (QED) is 0.575. The second kappa shape index (κ2) is 6.15. The molecule has 0 spiro atoms. The van der Waals surface area contributed by atoms with Crippen LogP contribution in [0, 0.1) is 0 Å². The molecule has 7 nitrogen and oxygen atoms in total. The first-order valence-electron chi connectivity index (χ1n) is 10.1. The zero-order chi connectivity index (χ0) is 19.5. The van der Waals surface area contributed by atoms with E-state index in [-0.39, 0.29) is 5.91 Å². The number of piperazine rings is 1. The fourth-order valence-electron chi connectivity index (χ4n) is 4.91. The SMILES string of the molecule is CN1C2CCC1CN(C(=O)c1cnc3[nH]cc(-c4ccn5nccc5c4)c3c1)C2. The lowest BCUT2D eigenvalue weighted by Crippen LogP contribution is -2.53. The van der Waals surface area contributed by atoms with Crippen LogP contribution in [0.25, 0.3) is 27.7 Å². The molecule has 4 aromatic heterocycles. The molecule has 2 aliphatic heterocycles. The van der Waals surface area contributed by atoms with Crippen molar-refractivity contribution in [1.82, 2.24) is 29.4 Å². The van der Waals surface area contributed by atoms with Crippen LogP contribution in [0.2, 0.25) is 0 Å². The summed E-state index contributed by atoms with van der Waals surface area (Å²) in [4.78, 5) is 25.4. The summed E-state index contributed by atoms with van der Waals surface area (Å²) in [6, 6.07) is 9.07. The van der Waals surface area contributed by atoms with E-state index in [1.807, 2.05) is 40.0 Å². The summed E-state index contributed by atoms with van der Waals surface area (Å²) in [5.41, 5.74) is 4.61. The molecule has 2 atom stereocenters. The monoisotopic (exact) mass is 386 g/mol. The molecular formula is C22H22N6O. The number of pyridine rings is 2. The fourth-order valence-corrected chi connectivity index (χ4v) is 4.91. The molecule has 0 saturated carbocycles. The molecule has 2 saturated heterocycles. The smallest absolute Gasteiger partial charge is 0.255 e. The maximum Gasteiger partial charge on any atom is 0.255 e. The van der Waals surface area contributed by atoms with Crippen molar-refractivity contribution in [3.63, 3.8) is 0 Å². The third-order valence-electron chi connectivity index (χ3n) is 6.62. The number of H-pyrrole nitrogens is 1. The number of likely N-dealkylation sites (tertiary alicyclic amines) is 1. The van der Waals surface area contributed by atoms with Crippen molar-refractivity contribution in [2.75, 3.05) is 20.1 Å².